The second-order valence-corrected chi connectivity index (χ2v) is 21.3. The average Bonchev–Trinajstić information content (AvgIpc) is 3.30. The number of phosphoric acid groups is 1. The van der Waals surface area contributed by atoms with Gasteiger partial charge in [0, 0.05) is 19.6 Å². The smallest absolute Gasteiger partial charge is 0.457 e. The number of unbranched alkanes of at least 4 members (excludes halogenated alkanes) is 44. The highest BCUT2D eigenvalue weighted by Crippen LogP contribution is 2.43. The van der Waals surface area contributed by atoms with Gasteiger partial charge in [-0.05, 0) is 12.8 Å². The summed E-state index contributed by atoms with van der Waals surface area (Å²) in [7, 11) is -4.28. The summed E-state index contributed by atoms with van der Waals surface area (Å²) < 4.78 is 33.7. The molecule has 1 unspecified atom stereocenters. The molecule has 0 aromatic carbocycles. The zero-order valence-electron chi connectivity index (χ0n) is 43.8. The van der Waals surface area contributed by atoms with E-state index in [0.717, 1.165) is 32.1 Å². The topological polar surface area (TPSA) is 117 Å². The molecular formula is C56H114NO7P. The van der Waals surface area contributed by atoms with Gasteiger partial charge in [-0.25, -0.2) is 4.57 Å². The second-order valence-electron chi connectivity index (χ2n) is 19.9. The highest BCUT2D eigenvalue weighted by Gasteiger charge is 2.25. The Morgan fingerprint density at radius 1 is 0.400 bits per heavy atom. The lowest BCUT2D eigenvalue weighted by Crippen LogP contribution is -2.28. The Labute approximate surface area is 405 Å². The van der Waals surface area contributed by atoms with Crippen molar-refractivity contribution in [3.05, 3.63) is 0 Å². The van der Waals surface area contributed by atoms with Crippen molar-refractivity contribution in [2.75, 3.05) is 33.0 Å². The van der Waals surface area contributed by atoms with Crippen molar-refractivity contribution in [2.45, 2.75) is 322 Å². The molecule has 0 amide bonds. The summed E-state index contributed by atoms with van der Waals surface area (Å²) in [5.41, 5.74) is 5.40. The SMILES string of the molecule is CCCCCCCCCCCCCCCCCCCCCCCCCCCCCCCCC(=O)O[C@H](COCCCCCCCCCCCCCCCCCC)COP(=O)(O)OCCN. The molecule has 0 saturated carbocycles. The largest absolute Gasteiger partial charge is 0.472 e. The molecule has 0 spiro atoms. The third-order valence-corrected chi connectivity index (χ3v) is 14.3. The molecule has 0 rings (SSSR count). The fourth-order valence-corrected chi connectivity index (χ4v) is 9.77. The molecule has 0 aliphatic rings. The fourth-order valence-electron chi connectivity index (χ4n) is 9.00. The molecule has 0 aliphatic carbocycles. The van der Waals surface area contributed by atoms with Crippen LogP contribution >= 0.6 is 7.82 Å². The lowest BCUT2D eigenvalue weighted by Gasteiger charge is -2.20. The number of phosphoric ester groups is 1. The summed E-state index contributed by atoms with van der Waals surface area (Å²) in [6.45, 7) is 5.02. The number of nitrogens with two attached hydrogens (primary N) is 1. The Hall–Kier alpha value is -0.500. The first kappa shape index (κ1) is 64.5. The van der Waals surface area contributed by atoms with Crippen LogP contribution in [0.3, 0.4) is 0 Å². The van der Waals surface area contributed by atoms with Gasteiger partial charge >= 0.3 is 13.8 Å². The van der Waals surface area contributed by atoms with Crippen LogP contribution in [0, 0.1) is 0 Å². The van der Waals surface area contributed by atoms with Gasteiger partial charge in [0.05, 0.1) is 19.8 Å². The predicted molar refractivity (Wildman–Crippen MR) is 280 cm³/mol. The van der Waals surface area contributed by atoms with Gasteiger partial charge in [0.25, 0.3) is 0 Å². The number of rotatable bonds is 57. The van der Waals surface area contributed by atoms with Crippen LogP contribution in [0.1, 0.15) is 316 Å². The average molecular weight is 945 g/mol. The van der Waals surface area contributed by atoms with Gasteiger partial charge in [-0.15, -0.1) is 0 Å². The van der Waals surface area contributed by atoms with Crippen LogP contribution in [-0.4, -0.2) is 49.9 Å². The van der Waals surface area contributed by atoms with Gasteiger partial charge in [0.1, 0.15) is 6.10 Å². The number of hydrogen-bond acceptors (Lipinski definition) is 7. The maximum Gasteiger partial charge on any atom is 0.472 e. The molecule has 0 aromatic rings. The molecule has 0 bridgehead atoms. The number of ether oxygens (including phenoxy) is 2. The Morgan fingerprint density at radius 3 is 0.969 bits per heavy atom. The lowest BCUT2D eigenvalue weighted by atomic mass is 10.0. The van der Waals surface area contributed by atoms with Gasteiger partial charge in [-0.2, -0.15) is 0 Å². The first-order valence-electron chi connectivity index (χ1n) is 29.0. The van der Waals surface area contributed by atoms with Crippen LogP contribution in [0.4, 0.5) is 0 Å². The minimum absolute atomic E-state index is 0.0896. The highest BCUT2D eigenvalue weighted by atomic mass is 31.2. The first-order chi connectivity index (χ1) is 31.9. The Balaban J connectivity index is 3.75. The first-order valence-corrected chi connectivity index (χ1v) is 30.5. The molecule has 0 saturated heterocycles. The third-order valence-electron chi connectivity index (χ3n) is 13.3. The fraction of sp³-hybridized carbons (Fsp3) is 0.982. The van der Waals surface area contributed by atoms with Crippen LogP contribution in [0.15, 0.2) is 0 Å². The predicted octanol–water partition coefficient (Wildman–Crippen LogP) is 18.4. The quantitative estimate of drug-likeness (QED) is 0.0352. The van der Waals surface area contributed by atoms with E-state index in [2.05, 4.69) is 13.8 Å². The maximum atomic E-state index is 12.7. The summed E-state index contributed by atoms with van der Waals surface area (Å²) in [5, 5.41) is 0. The van der Waals surface area contributed by atoms with Crippen molar-refractivity contribution in [1.29, 1.82) is 0 Å². The van der Waals surface area contributed by atoms with Crippen LogP contribution in [0.2, 0.25) is 0 Å². The van der Waals surface area contributed by atoms with E-state index in [4.69, 9.17) is 24.3 Å². The van der Waals surface area contributed by atoms with Crippen molar-refractivity contribution in [3.63, 3.8) is 0 Å². The van der Waals surface area contributed by atoms with E-state index in [1.807, 2.05) is 0 Å². The van der Waals surface area contributed by atoms with Gasteiger partial charge in [-0.3, -0.25) is 13.8 Å². The van der Waals surface area contributed by atoms with Gasteiger partial charge in [0.15, 0.2) is 0 Å². The number of hydrogen-bond donors (Lipinski definition) is 2. The molecule has 8 nitrogen and oxygen atoms in total. The van der Waals surface area contributed by atoms with Crippen LogP contribution < -0.4 is 5.73 Å². The molecule has 0 aliphatic heterocycles. The van der Waals surface area contributed by atoms with Gasteiger partial charge in [-0.1, -0.05) is 296 Å². The van der Waals surface area contributed by atoms with E-state index < -0.39 is 13.9 Å². The summed E-state index contributed by atoms with van der Waals surface area (Å²) in [6, 6.07) is 0. The normalized spacial score (nSPS) is 13.1. The number of carbonyl (C=O) groups is 1. The Morgan fingerprint density at radius 2 is 0.677 bits per heavy atom. The van der Waals surface area contributed by atoms with Crippen molar-refractivity contribution in [3.8, 4) is 0 Å². The van der Waals surface area contributed by atoms with E-state index >= 15 is 0 Å². The van der Waals surface area contributed by atoms with E-state index in [1.165, 1.54) is 263 Å². The van der Waals surface area contributed by atoms with E-state index in [1.54, 1.807) is 0 Å². The van der Waals surface area contributed by atoms with Gasteiger partial charge < -0.3 is 20.1 Å². The van der Waals surface area contributed by atoms with Crippen LogP contribution in [0.5, 0.6) is 0 Å². The van der Waals surface area contributed by atoms with E-state index in [0.29, 0.717) is 13.0 Å². The number of esters is 1. The minimum atomic E-state index is -4.28. The third kappa shape index (κ3) is 54.3. The highest BCUT2D eigenvalue weighted by molar-refractivity contribution is 7.47. The van der Waals surface area contributed by atoms with Crippen LogP contribution in [-0.2, 0) is 27.9 Å². The van der Waals surface area contributed by atoms with Crippen molar-refractivity contribution in [1.82, 2.24) is 0 Å². The molecule has 0 heterocycles. The molecule has 0 radical (unpaired) electrons. The molecule has 9 heteroatoms. The second kappa shape index (κ2) is 54.4. The molecule has 0 fully saturated rings. The molecule has 0 aromatic heterocycles. The summed E-state index contributed by atoms with van der Waals surface area (Å²) in [6.07, 6.45) is 61.7. The molecule has 65 heavy (non-hydrogen) atoms. The van der Waals surface area contributed by atoms with E-state index in [9.17, 15) is 14.3 Å². The van der Waals surface area contributed by atoms with Crippen LogP contribution in [0.25, 0.3) is 0 Å². The zero-order chi connectivity index (χ0) is 47.3. The lowest BCUT2D eigenvalue weighted by molar-refractivity contribution is -0.154. The summed E-state index contributed by atoms with van der Waals surface area (Å²) in [5.74, 6) is -0.319. The van der Waals surface area contributed by atoms with E-state index in [-0.39, 0.29) is 32.3 Å². The minimum Gasteiger partial charge on any atom is -0.457 e. The Kier molecular flexibility index (Phi) is 54.0. The molecule has 390 valence electrons. The molecule has 2 atom stereocenters. The van der Waals surface area contributed by atoms with Crippen molar-refractivity contribution < 1.29 is 32.8 Å². The monoisotopic (exact) mass is 944 g/mol. The summed E-state index contributed by atoms with van der Waals surface area (Å²) >= 11 is 0. The maximum absolute atomic E-state index is 12.7. The standard InChI is InChI=1S/C56H114NO7P/c1-3-5-7-9-11-13-15-17-19-21-22-23-24-25-26-27-28-29-30-31-32-33-34-35-37-39-41-43-45-47-49-56(58)64-55(54-63-65(59,60)62-52-50-57)53-61-51-48-46-44-42-40-38-36-20-18-16-14-12-10-8-6-4-2/h55H,3-54,57H2,1-2H3,(H,59,60)/t55-/m1/s1. The van der Waals surface area contributed by atoms with Crippen molar-refractivity contribution >= 4 is 13.8 Å². The van der Waals surface area contributed by atoms with Gasteiger partial charge in [0.2, 0.25) is 0 Å². The summed E-state index contributed by atoms with van der Waals surface area (Å²) in [4.78, 5) is 22.6. The van der Waals surface area contributed by atoms with Crippen molar-refractivity contribution in [2.24, 2.45) is 5.73 Å². The molecule has 3 N–H and O–H groups in total. The Bertz CT molecular complexity index is 971. The zero-order valence-corrected chi connectivity index (χ0v) is 44.7. The number of carbonyl (C=O) groups excluding carboxylic acids is 1. The molecular weight excluding hydrogens is 830 g/mol.